The van der Waals surface area contributed by atoms with Gasteiger partial charge in [-0.2, -0.15) is 0 Å². The predicted octanol–water partition coefficient (Wildman–Crippen LogP) is 7.00. The largest absolute Gasteiger partial charge is 0.0925 e. The van der Waals surface area contributed by atoms with Crippen LogP contribution >= 0.6 is 0 Å². The zero-order valence-electron chi connectivity index (χ0n) is 18.4. The minimum Gasteiger partial charge on any atom is -0.0925 e. The van der Waals surface area contributed by atoms with E-state index in [2.05, 4.69) is 80.0 Å². The molecule has 0 heterocycles. The molecule has 27 heavy (non-hydrogen) atoms. The first-order valence-electron chi connectivity index (χ1n) is 10.5. The summed E-state index contributed by atoms with van der Waals surface area (Å²) >= 11 is 0. The molecule has 0 unspecified atom stereocenters. The Labute approximate surface area is 170 Å². The molecular formula is C27H38. The molecule has 0 radical (unpaired) electrons. The van der Waals surface area contributed by atoms with E-state index in [0.717, 1.165) is 5.92 Å². The van der Waals surface area contributed by atoms with E-state index >= 15 is 0 Å². The Morgan fingerprint density at radius 3 is 1.15 bits per heavy atom. The van der Waals surface area contributed by atoms with Crippen molar-refractivity contribution in [2.75, 3.05) is 0 Å². The molecule has 0 aliphatic rings. The molecule has 0 rings (SSSR count). The number of unbranched alkanes of at least 4 members (excludes halogenated alkanes) is 9. The normalized spacial score (nSPS) is 7.93. The van der Waals surface area contributed by atoms with Crippen LogP contribution < -0.4 is 0 Å². The van der Waals surface area contributed by atoms with E-state index in [1.807, 2.05) is 0 Å². The minimum absolute atomic E-state index is 0.902. The monoisotopic (exact) mass is 362 g/mol. The standard InChI is InChI=1S/C15H32.C12H6/c1-4-5-6-7-8-9-10-11-12-13-14-15(2)3;1-3-5-7-9-11-12-10-8-6-4-2/h15H,4-14H2,1-3H3;1-2H3. The van der Waals surface area contributed by atoms with Crippen molar-refractivity contribution in [1.82, 2.24) is 0 Å². The minimum atomic E-state index is 0.902. The Balaban J connectivity index is 0. The Hall–Kier alpha value is -2.20. The lowest BCUT2D eigenvalue weighted by Crippen LogP contribution is -1.87. The topological polar surface area (TPSA) is 0 Å². The molecule has 0 aliphatic heterocycles. The molecule has 0 aliphatic carbocycles. The van der Waals surface area contributed by atoms with Crippen LogP contribution in [-0.4, -0.2) is 0 Å². The second-order valence-electron chi connectivity index (χ2n) is 6.86. The lowest BCUT2D eigenvalue weighted by molar-refractivity contribution is 0.505. The van der Waals surface area contributed by atoms with Gasteiger partial charge in [-0.1, -0.05) is 103 Å². The maximum Gasteiger partial charge on any atom is -0.000000533 e. The molecule has 0 bridgehead atoms. The second-order valence-corrected chi connectivity index (χ2v) is 6.86. The smallest absolute Gasteiger partial charge is 0.000000533 e. The van der Waals surface area contributed by atoms with Crippen LogP contribution in [0.5, 0.6) is 0 Å². The molecule has 0 saturated heterocycles. The Morgan fingerprint density at radius 1 is 0.481 bits per heavy atom. The lowest BCUT2D eigenvalue weighted by atomic mass is 10.0. The summed E-state index contributed by atoms with van der Waals surface area (Å²) in [5, 5.41) is 0. The third kappa shape index (κ3) is 32.0. The summed E-state index contributed by atoms with van der Waals surface area (Å²) in [6.07, 6.45) is 16.0. The molecular weight excluding hydrogens is 324 g/mol. The van der Waals surface area contributed by atoms with E-state index in [0.29, 0.717) is 0 Å². The van der Waals surface area contributed by atoms with Gasteiger partial charge in [-0.15, -0.1) is 0 Å². The fraction of sp³-hybridized carbons (Fsp3) is 0.630. The van der Waals surface area contributed by atoms with E-state index in [4.69, 9.17) is 0 Å². The van der Waals surface area contributed by atoms with Crippen molar-refractivity contribution in [3.05, 3.63) is 0 Å². The summed E-state index contributed by atoms with van der Waals surface area (Å²) in [7, 11) is 0. The van der Waals surface area contributed by atoms with Crippen LogP contribution in [0.3, 0.4) is 0 Å². The summed E-state index contributed by atoms with van der Waals surface area (Å²) in [6, 6.07) is 0. The predicted molar refractivity (Wildman–Crippen MR) is 122 cm³/mol. The van der Waals surface area contributed by atoms with Crippen molar-refractivity contribution in [1.29, 1.82) is 0 Å². The molecule has 146 valence electrons. The van der Waals surface area contributed by atoms with Crippen LogP contribution in [0.25, 0.3) is 0 Å². The zero-order valence-corrected chi connectivity index (χ0v) is 18.4. The Bertz CT molecular complexity index is 579. The highest BCUT2D eigenvalue weighted by atomic mass is 14.0. The van der Waals surface area contributed by atoms with Gasteiger partial charge in [-0.3, -0.25) is 0 Å². The van der Waals surface area contributed by atoms with Crippen LogP contribution in [0.15, 0.2) is 0 Å². The highest BCUT2D eigenvalue weighted by molar-refractivity contribution is 5.42. The van der Waals surface area contributed by atoms with E-state index in [1.165, 1.54) is 70.6 Å². The van der Waals surface area contributed by atoms with Gasteiger partial charge in [0.05, 0.1) is 0 Å². The van der Waals surface area contributed by atoms with Crippen molar-refractivity contribution in [2.24, 2.45) is 5.92 Å². The van der Waals surface area contributed by atoms with Crippen LogP contribution in [-0.2, 0) is 0 Å². The first-order chi connectivity index (χ1) is 13.2. The highest BCUT2D eigenvalue weighted by Crippen LogP contribution is 2.13. The third-order valence-electron chi connectivity index (χ3n) is 3.82. The molecule has 0 fully saturated rings. The summed E-state index contributed by atoms with van der Waals surface area (Å²) in [5.41, 5.74) is 0. The third-order valence-corrected chi connectivity index (χ3v) is 3.82. The fourth-order valence-electron chi connectivity index (χ4n) is 2.35. The summed E-state index contributed by atoms with van der Waals surface area (Å²) in [5.74, 6) is 26.5. The molecule has 0 atom stereocenters. The number of hydrogen-bond acceptors (Lipinski definition) is 0. The van der Waals surface area contributed by atoms with E-state index in [-0.39, 0.29) is 0 Å². The summed E-state index contributed by atoms with van der Waals surface area (Å²) < 4.78 is 0. The van der Waals surface area contributed by atoms with E-state index < -0.39 is 0 Å². The van der Waals surface area contributed by atoms with Gasteiger partial charge in [0.2, 0.25) is 0 Å². The average molecular weight is 363 g/mol. The van der Waals surface area contributed by atoms with Crippen LogP contribution in [0.1, 0.15) is 105 Å². The SMILES string of the molecule is CC#CC#CC#CC#CC#CC.CCCCCCCCCCCCC(C)C. The second kappa shape index (κ2) is 26.0. The number of hydrogen-bond donors (Lipinski definition) is 0. The van der Waals surface area contributed by atoms with Gasteiger partial charge in [0.1, 0.15) is 0 Å². The van der Waals surface area contributed by atoms with Crippen molar-refractivity contribution in [3.63, 3.8) is 0 Å². The Morgan fingerprint density at radius 2 is 0.815 bits per heavy atom. The van der Waals surface area contributed by atoms with Gasteiger partial charge in [0.25, 0.3) is 0 Å². The van der Waals surface area contributed by atoms with Crippen molar-refractivity contribution in [2.45, 2.75) is 105 Å². The molecule has 0 saturated carbocycles. The van der Waals surface area contributed by atoms with Crippen LogP contribution in [0.4, 0.5) is 0 Å². The maximum absolute atomic E-state index is 2.63. The first-order valence-corrected chi connectivity index (χ1v) is 10.5. The van der Waals surface area contributed by atoms with Crippen molar-refractivity contribution < 1.29 is 0 Å². The fourth-order valence-corrected chi connectivity index (χ4v) is 2.35. The summed E-state index contributed by atoms with van der Waals surface area (Å²) in [6.45, 7) is 10.4. The van der Waals surface area contributed by atoms with Crippen molar-refractivity contribution in [3.8, 4) is 59.2 Å². The quantitative estimate of drug-likeness (QED) is 0.274. The zero-order chi connectivity index (χ0) is 20.4. The number of rotatable bonds is 11. The van der Waals surface area contributed by atoms with E-state index in [1.54, 1.807) is 13.8 Å². The molecule has 0 nitrogen and oxygen atoms in total. The van der Waals surface area contributed by atoms with Gasteiger partial charge in [0.15, 0.2) is 0 Å². The molecule has 0 spiro atoms. The van der Waals surface area contributed by atoms with Gasteiger partial charge in [-0.05, 0) is 67.1 Å². The van der Waals surface area contributed by atoms with Gasteiger partial charge in [0, 0.05) is 0 Å². The van der Waals surface area contributed by atoms with Crippen LogP contribution in [0.2, 0.25) is 0 Å². The maximum atomic E-state index is 2.63. The Kier molecular flexibility index (Phi) is 26.1. The summed E-state index contributed by atoms with van der Waals surface area (Å²) in [4.78, 5) is 0. The average Bonchev–Trinajstić information content (AvgIpc) is 2.66. The van der Waals surface area contributed by atoms with Crippen molar-refractivity contribution >= 4 is 0 Å². The molecule has 0 aromatic carbocycles. The molecule has 0 aromatic rings. The van der Waals surface area contributed by atoms with E-state index in [9.17, 15) is 0 Å². The van der Waals surface area contributed by atoms with Gasteiger partial charge in [-0.25, -0.2) is 0 Å². The lowest BCUT2D eigenvalue weighted by Gasteiger charge is -2.04. The van der Waals surface area contributed by atoms with Gasteiger partial charge >= 0.3 is 0 Å². The molecule has 0 heteroatoms. The first kappa shape index (κ1) is 27.0. The van der Waals surface area contributed by atoms with Gasteiger partial charge < -0.3 is 0 Å². The van der Waals surface area contributed by atoms with Crippen LogP contribution in [0, 0.1) is 65.1 Å². The highest BCUT2D eigenvalue weighted by Gasteiger charge is 1.94. The molecule has 0 N–H and O–H groups in total. The molecule has 0 amide bonds. The molecule has 0 aromatic heterocycles.